The lowest BCUT2D eigenvalue weighted by atomic mass is 9.94. The molecule has 1 aromatic carbocycles. The Labute approximate surface area is 161 Å². The van der Waals surface area contributed by atoms with Crippen LogP contribution in [-0.4, -0.2) is 54.0 Å². The van der Waals surface area contributed by atoms with E-state index in [1.165, 1.54) is 36.4 Å². The molecule has 1 unspecified atom stereocenters. The number of nitrogens with one attached hydrogen (secondary N) is 1. The number of benzene rings is 1. The maximum absolute atomic E-state index is 13.1. The van der Waals surface area contributed by atoms with Gasteiger partial charge in [0.25, 0.3) is 11.8 Å². The Morgan fingerprint density at radius 3 is 2.54 bits per heavy atom. The number of pyridine rings is 1. The number of hydrogen-bond donors (Lipinski definition) is 1. The highest BCUT2D eigenvalue weighted by Gasteiger charge is 2.41. The topological polar surface area (TPSA) is 71.5 Å². The van der Waals surface area contributed by atoms with Crippen LogP contribution in [0.15, 0.2) is 42.6 Å². The fraction of sp³-hybridized carbons (Fsp3) is 0.350. The standard InChI is InChI=1S/C20H21F2N3O3/c1-28-11-9-20(24-18(26)14-2-4-15(21)5-3-14)8-10-25(13-20)19(27)17-7-6-16(22)12-23-17/h2-7,12H,8-11,13H2,1H3,(H,24,26). The molecule has 2 amide bonds. The Morgan fingerprint density at radius 2 is 1.89 bits per heavy atom. The molecule has 0 saturated carbocycles. The van der Waals surface area contributed by atoms with Crippen molar-refractivity contribution in [1.29, 1.82) is 0 Å². The lowest BCUT2D eigenvalue weighted by Gasteiger charge is -2.30. The second-order valence-corrected chi connectivity index (χ2v) is 6.82. The van der Waals surface area contributed by atoms with Crippen molar-refractivity contribution in [3.05, 3.63) is 65.5 Å². The van der Waals surface area contributed by atoms with Gasteiger partial charge in [0.1, 0.15) is 17.3 Å². The predicted molar refractivity (Wildman–Crippen MR) is 97.8 cm³/mol. The fourth-order valence-electron chi connectivity index (χ4n) is 3.29. The lowest BCUT2D eigenvalue weighted by molar-refractivity contribution is 0.0742. The highest BCUT2D eigenvalue weighted by molar-refractivity contribution is 5.95. The third kappa shape index (κ3) is 4.51. The smallest absolute Gasteiger partial charge is 0.272 e. The first-order chi connectivity index (χ1) is 13.4. The largest absolute Gasteiger partial charge is 0.385 e. The van der Waals surface area contributed by atoms with Crippen LogP contribution in [-0.2, 0) is 4.74 Å². The zero-order valence-electron chi connectivity index (χ0n) is 15.5. The quantitative estimate of drug-likeness (QED) is 0.824. The van der Waals surface area contributed by atoms with Crippen molar-refractivity contribution in [2.45, 2.75) is 18.4 Å². The molecule has 1 aliphatic rings. The van der Waals surface area contributed by atoms with Crippen molar-refractivity contribution >= 4 is 11.8 Å². The summed E-state index contributed by atoms with van der Waals surface area (Å²) in [6.07, 6.45) is 2.05. The molecule has 1 N–H and O–H groups in total. The third-order valence-electron chi connectivity index (χ3n) is 4.86. The van der Waals surface area contributed by atoms with Gasteiger partial charge in [-0.1, -0.05) is 0 Å². The summed E-state index contributed by atoms with van der Waals surface area (Å²) in [5, 5.41) is 2.99. The number of rotatable bonds is 6. The van der Waals surface area contributed by atoms with E-state index in [-0.39, 0.29) is 24.1 Å². The Hall–Kier alpha value is -2.87. The summed E-state index contributed by atoms with van der Waals surface area (Å²) in [5.74, 6) is -1.60. The zero-order valence-corrected chi connectivity index (χ0v) is 15.5. The number of carbonyl (C=O) groups excluding carboxylic acids is 2. The molecule has 148 valence electrons. The van der Waals surface area contributed by atoms with Crippen molar-refractivity contribution in [3.8, 4) is 0 Å². The molecule has 2 heterocycles. The van der Waals surface area contributed by atoms with Gasteiger partial charge in [-0.05, 0) is 49.2 Å². The summed E-state index contributed by atoms with van der Waals surface area (Å²) in [5.41, 5.74) is -0.186. The molecule has 1 atom stereocenters. The number of hydrogen-bond acceptors (Lipinski definition) is 4. The zero-order chi connectivity index (χ0) is 20.1. The second-order valence-electron chi connectivity index (χ2n) is 6.82. The first kappa shape index (κ1) is 19.9. The molecule has 0 radical (unpaired) electrons. The van der Waals surface area contributed by atoms with Crippen molar-refractivity contribution in [2.24, 2.45) is 0 Å². The summed E-state index contributed by atoms with van der Waals surface area (Å²) in [6, 6.07) is 7.79. The monoisotopic (exact) mass is 389 g/mol. The minimum atomic E-state index is -0.669. The van der Waals surface area contributed by atoms with Crippen molar-refractivity contribution < 1.29 is 23.1 Å². The van der Waals surface area contributed by atoms with Gasteiger partial charge in [-0.25, -0.2) is 13.8 Å². The van der Waals surface area contributed by atoms with Crippen LogP contribution in [0.3, 0.4) is 0 Å². The number of aromatic nitrogens is 1. The van der Waals surface area contributed by atoms with Gasteiger partial charge in [-0.3, -0.25) is 9.59 Å². The lowest BCUT2D eigenvalue weighted by Crippen LogP contribution is -2.51. The van der Waals surface area contributed by atoms with Crippen LogP contribution in [0.5, 0.6) is 0 Å². The van der Waals surface area contributed by atoms with E-state index in [1.54, 1.807) is 12.0 Å². The molecule has 1 saturated heterocycles. The number of carbonyl (C=O) groups is 2. The SMILES string of the molecule is COCCC1(NC(=O)c2ccc(F)cc2)CCN(C(=O)c2ccc(F)cn2)C1. The van der Waals surface area contributed by atoms with Crippen LogP contribution in [0.2, 0.25) is 0 Å². The normalized spacial score (nSPS) is 18.9. The molecule has 1 aromatic heterocycles. The third-order valence-corrected chi connectivity index (χ3v) is 4.86. The molecule has 28 heavy (non-hydrogen) atoms. The maximum Gasteiger partial charge on any atom is 0.272 e. The summed E-state index contributed by atoms with van der Waals surface area (Å²) in [6.45, 7) is 1.10. The number of halogens is 2. The van der Waals surface area contributed by atoms with Gasteiger partial charge < -0.3 is 15.0 Å². The van der Waals surface area contributed by atoms with Crippen LogP contribution < -0.4 is 5.32 Å². The number of nitrogens with zero attached hydrogens (tertiary/aromatic N) is 2. The Bertz CT molecular complexity index is 843. The molecule has 0 bridgehead atoms. The van der Waals surface area contributed by atoms with E-state index >= 15 is 0 Å². The second kappa shape index (κ2) is 8.43. The first-order valence-electron chi connectivity index (χ1n) is 8.90. The van der Waals surface area contributed by atoms with E-state index in [2.05, 4.69) is 10.3 Å². The molecule has 0 aliphatic carbocycles. The van der Waals surface area contributed by atoms with Gasteiger partial charge >= 0.3 is 0 Å². The van der Waals surface area contributed by atoms with E-state index in [1.807, 2.05) is 0 Å². The molecule has 6 nitrogen and oxygen atoms in total. The van der Waals surface area contributed by atoms with Gasteiger partial charge in [-0.2, -0.15) is 0 Å². The fourth-order valence-corrected chi connectivity index (χ4v) is 3.29. The predicted octanol–water partition coefficient (Wildman–Crippen LogP) is 2.41. The van der Waals surface area contributed by atoms with Gasteiger partial charge in [-0.15, -0.1) is 0 Å². The summed E-state index contributed by atoms with van der Waals surface area (Å²) < 4.78 is 31.3. The molecule has 8 heteroatoms. The van der Waals surface area contributed by atoms with Gasteiger partial charge in [0.05, 0.1) is 11.7 Å². The van der Waals surface area contributed by atoms with Crippen LogP contribution in [0.25, 0.3) is 0 Å². The van der Waals surface area contributed by atoms with Crippen molar-refractivity contribution in [1.82, 2.24) is 15.2 Å². The van der Waals surface area contributed by atoms with E-state index in [0.29, 0.717) is 31.6 Å². The average molecular weight is 389 g/mol. The minimum absolute atomic E-state index is 0.147. The van der Waals surface area contributed by atoms with Gasteiger partial charge in [0.2, 0.25) is 0 Å². The molecule has 2 aromatic rings. The average Bonchev–Trinajstić information content (AvgIpc) is 3.11. The van der Waals surface area contributed by atoms with Crippen LogP contribution in [0.1, 0.15) is 33.7 Å². The van der Waals surface area contributed by atoms with Crippen molar-refractivity contribution in [2.75, 3.05) is 26.8 Å². The summed E-state index contributed by atoms with van der Waals surface area (Å²) in [7, 11) is 1.57. The van der Waals surface area contributed by atoms with Gasteiger partial charge in [0, 0.05) is 32.4 Å². The molecular weight excluding hydrogens is 368 g/mol. The maximum atomic E-state index is 13.1. The molecule has 1 fully saturated rings. The number of ether oxygens (including phenoxy) is 1. The van der Waals surface area contributed by atoms with E-state index in [0.717, 1.165) is 6.20 Å². The van der Waals surface area contributed by atoms with E-state index in [9.17, 15) is 18.4 Å². The molecule has 1 aliphatic heterocycles. The van der Waals surface area contributed by atoms with Crippen molar-refractivity contribution in [3.63, 3.8) is 0 Å². The minimum Gasteiger partial charge on any atom is -0.385 e. The van der Waals surface area contributed by atoms with Crippen LogP contribution in [0, 0.1) is 11.6 Å². The number of likely N-dealkylation sites (tertiary alicyclic amines) is 1. The van der Waals surface area contributed by atoms with Gasteiger partial charge in [0.15, 0.2) is 0 Å². The number of methoxy groups -OCH3 is 1. The molecule has 0 spiro atoms. The summed E-state index contributed by atoms with van der Waals surface area (Å²) >= 11 is 0. The Kier molecular flexibility index (Phi) is 5.99. The highest BCUT2D eigenvalue weighted by Crippen LogP contribution is 2.27. The highest BCUT2D eigenvalue weighted by atomic mass is 19.1. The van der Waals surface area contributed by atoms with Crippen LogP contribution >= 0.6 is 0 Å². The Balaban J connectivity index is 1.74. The van der Waals surface area contributed by atoms with E-state index in [4.69, 9.17) is 4.74 Å². The summed E-state index contributed by atoms with van der Waals surface area (Å²) in [4.78, 5) is 30.7. The number of amides is 2. The molecule has 3 rings (SSSR count). The van der Waals surface area contributed by atoms with Crippen LogP contribution in [0.4, 0.5) is 8.78 Å². The first-order valence-corrected chi connectivity index (χ1v) is 8.90. The molecular formula is C20H21F2N3O3. The van der Waals surface area contributed by atoms with E-state index < -0.39 is 17.2 Å². The Morgan fingerprint density at radius 1 is 1.18 bits per heavy atom.